The van der Waals surface area contributed by atoms with Gasteiger partial charge >= 0.3 is 0 Å². The fourth-order valence-electron chi connectivity index (χ4n) is 3.12. The molecule has 0 bridgehead atoms. The van der Waals surface area contributed by atoms with Gasteiger partial charge in [0.1, 0.15) is 0 Å². The lowest BCUT2D eigenvalue weighted by atomic mass is 10.2. The SMILES string of the molecule is O=C(CSc1nc2ccccc2n1Cc1ccccc1)NN=CC=Cc1ccccc1. The molecule has 0 aliphatic carbocycles. The van der Waals surface area contributed by atoms with Gasteiger partial charge in [-0.15, -0.1) is 0 Å². The number of aromatic nitrogens is 2. The molecule has 1 N–H and O–H groups in total. The molecule has 0 atom stereocenters. The predicted molar refractivity (Wildman–Crippen MR) is 128 cm³/mol. The fraction of sp³-hybridized carbons (Fsp3) is 0.0800. The quantitative estimate of drug-likeness (QED) is 0.245. The zero-order valence-corrected chi connectivity index (χ0v) is 17.7. The number of hydrazone groups is 1. The lowest BCUT2D eigenvalue weighted by Gasteiger charge is -2.09. The minimum Gasteiger partial charge on any atom is -0.314 e. The van der Waals surface area contributed by atoms with Crippen LogP contribution in [-0.4, -0.2) is 27.4 Å². The van der Waals surface area contributed by atoms with Gasteiger partial charge in [0.15, 0.2) is 5.16 Å². The Morgan fingerprint density at radius 3 is 2.48 bits per heavy atom. The standard InChI is InChI=1S/C25H22N4OS/c30-24(28-26-17-9-14-20-10-3-1-4-11-20)19-31-25-27-22-15-7-8-16-23(22)29(25)18-21-12-5-2-6-13-21/h1-17H,18-19H2,(H,28,30). The molecular formula is C25H22N4OS. The van der Waals surface area contributed by atoms with Crippen LogP contribution >= 0.6 is 11.8 Å². The molecule has 0 aliphatic heterocycles. The molecule has 5 nitrogen and oxygen atoms in total. The van der Waals surface area contributed by atoms with E-state index in [0.717, 1.165) is 21.8 Å². The Hall–Kier alpha value is -3.64. The van der Waals surface area contributed by atoms with E-state index in [0.29, 0.717) is 6.54 Å². The molecule has 0 unspecified atom stereocenters. The van der Waals surface area contributed by atoms with Crippen molar-refractivity contribution in [1.82, 2.24) is 15.0 Å². The number of nitrogens with one attached hydrogen (secondary N) is 1. The van der Waals surface area contributed by atoms with Crippen LogP contribution in [0.25, 0.3) is 17.1 Å². The summed E-state index contributed by atoms with van der Waals surface area (Å²) in [5.41, 5.74) is 6.80. The van der Waals surface area contributed by atoms with Crippen molar-refractivity contribution in [2.75, 3.05) is 5.75 Å². The molecule has 1 heterocycles. The predicted octanol–water partition coefficient (Wildman–Crippen LogP) is 4.99. The van der Waals surface area contributed by atoms with Gasteiger partial charge in [0.25, 0.3) is 5.91 Å². The second-order valence-electron chi connectivity index (χ2n) is 6.83. The number of allylic oxidation sites excluding steroid dienone is 1. The highest BCUT2D eigenvalue weighted by Gasteiger charge is 2.13. The monoisotopic (exact) mass is 426 g/mol. The summed E-state index contributed by atoms with van der Waals surface area (Å²) in [7, 11) is 0. The Morgan fingerprint density at radius 1 is 0.968 bits per heavy atom. The number of hydrogen-bond donors (Lipinski definition) is 1. The maximum atomic E-state index is 12.2. The van der Waals surface area contributed by atoms with E-state index in [1.54, 1.807) is 12.3 Å². The van der Waals surface area contributed by atoms with Gasteiger partial charge in [-0.25, -0.2) is 10.4 Å². The molecular weight excluding hydrogens is 404 g/mol. The summed E-state index contributed by atoms with van der Waals surface area (Å²) in [4.78, 5) is 16.9. The molecule has 4 rings (SSSR count). The van der Waals surface area contributed by atoms with E-state index >= 15 is 0 Å². The van der Waals surface area contributed by atoms with Crippen LogP contribution < -0.4 is 5.43 Å². The van der Waals surface area contributed by atoms with E-state index in [4.69, 9.17) is 4.98 Å². The van der Waals surface area contributed by atoms with E-state index in [1.807, 2.05) is 72.8 Å². The summed E-state index contributed by atoms with van der Waals surface area (Å²) >= 11 is 1.41. The van der Waals surface area contributed by atoms with Crippen molar-refractivity contribution in [3.63, 3.8) is 0 Å². The number of benzene rings is 3. The van der Waals surface area contributed by atoms with E-state index < -0.39 is 0 Å². The number of carbonyl (C=O) groups is 1. The van der Waals surface area contributed by atoms with Gasteiger partial charge in [0.05, 0.1) is 23.3 Å². The van der Waals surface area contributed by atoms with Crippen LogP contribution in [0.5, 0.6) is 0 Å². The number of imidazole rings is 1. The van der Waals surface area contributed by atoms with E-state index in [-0.39, 0.29) is 11.7 Å². The summed E-state index contributed by atoms with van der Waals surface area (Å²) in [6.07, 6.45) is 5.29. The zero-order chi connectivity index (χ0) is 21.3. The van der Waals surface area contributed by atoms with Crippen molar-refractivity contribution in [2.45, 2.75) is 11.7 Å². The average molecular weight is 427 g/mol. The molecule has 0 fully saturated rings. The van der Waals surface area contributed by atoms with Crippen molar-refractivity contribution in [1.29, 1.82) is 0 Å². The Bertz CT molecular complexity index is 1200. The first-order valence-corrected chi connectivity index (χ1v) is 10.9. The third kappa shape index (κ3) is 5.71. The van der Waals surface area contributed by atoms with Gasteiger partial charge in [0, 0.05) is 6.21 Å². The number of amides is 1. The number of para-hydroxylation sites is 2. The lowest BCUT2D eigenvalue weighted by Crippen LogP contribution is -2.19. The highest BCUT2D eigenvalue weighted by molar-refractivity contribution is 7.99. The molecule has 0 saturated heterocycles. The number of nitrogens with zero attached hydrogens (tertiary/aromatic N) is 3. The van der Waals surface area contributed by atoms with Gasteiger partial charge < -0.3 is 4.57 Å². The number of hydrogen-bond acceptors (Lipinski definition) is 4. The minimum atomic E-state index is -0.173. The van der Waals surface area contributed by atoms with Gasteiger partial charge in [-0.05, 0) is 29.3 Å². The van der Waals surface area contributed by atoms with Crippen molar-refractivity contribution in [3.8, 4) is 0 Å². The van der Waals surface area contributed by atoms with Crippen LogP contribution in [0.3, 0.4) is 0 Å². The number of fused-ring (bicyclic) bond motifs is 1. The minimum absolute atomic E-state index is 0.173. The van der Waals surface area contributed by atoms with Crippen LogP contribution in [0.15, 0.2) is 101 Å². The first kappa shape index (κ1) is 20.6. The van der Waals surface area contributed by atoms with Gasteiger partial charge in [-0.1, -0.05) is 90.6 Å². The van der Waals surface area contributed by atoms with E-state index in [2.05, 4.69) is 33.3 Å². The Kier molecular flexibility index (Phi) is 6.92. The van der Waals surface area contributed by atoms with Crippen LogP contribution in [0.1, 0.15) is 11.1 Å². The normalized spacial score (nSPS) is 11.5. The highest BCUT2D eigenvalue weighted by atomic mass is 32.2. The molecule has 0 aliphatic rings. The van der Waals surface area contributed by atoms with Gasteiger partial charge in [-0.2, -0.15) is 5.10 Å². The van der Waals surface area contributed by atoms with Crippen LogP contribution in [-0.2, 0) is 11.3 Å². The van der Waals surface area contributed by atoms with Crippen molar-refractivity contribution in [2.24, 2.45) is 5.10 Å². The second kappa shape index (κ2) is 10.4. The molecule has 6 heteroatoms. The zero-order valence-electron chi connectivity index (χ0n) is 16.9. The number of rotatable bonds is 8. The average Bonchev–Trinajstić information content (AvgIpc) is 3.16. The smallest absolute Gasteiger partial charge is 0.250 e. The molecule has 31 heavy (non-hydrogen) atoms. The van der Waals surface area contributed by atoms with Crippen LogP contribution in [0, 0.1) is 0 Å². The van der Waals surface area contributed by atoms with Crippen LogP contribution in [0.4, 0.5) is 0 Å². The maximum absolute atomic E-state index is 12.2. The molecule has 0 spiro atoms. The number of thioether (sulfide) groups is 1. The summed E-state index contributed by atoms with van der Waals surface area (Å²) in [5, 5.41) is 4.79. The maximum Gasteiger partial charge on any atom is 0.250 e. The first-order valence-electron chi connectivity index (χ1n) is 9.95. The Morgan fingerprint density at radius 2 is 1.68 bits per heavy atom. The van der Waals surface area contributed by atoms with Crippen molar-refractivity contribution >= 4 is 41.0 Å². The van der Waals surface area contributed by atoms with Gasteiger partial charge in [0.2, 0.25) is 0 Å². The Balaban J connectivity index is 1.38. The van der Waals surface area contributed by atoms with Crippen molar-refractivity contribution < 1.29 is 4.79 Å². The topological polar surface area (TPSA) is 59.3 Å². The molecule has 0 radical (unpaired) electrons. The molecule has 1 amide bonds. The largest absolute Gasteiger partial charge is 0.314 e. The van der Waals surface area contributed by atoms with Crippen LogP contribution in [0.2, 0.25) is 0 Å². The summed E-state index contributed by atoms with van der Waals surface area (Å²) in [6.45, 7) is 0.702. The summed E-state index contributed by atoms with van der Waals surface area (Å²) < 4.78 is 2.15. The first-order chi connectivity index (χ1) is 15.3. The third-order valence-corrected chi connectivity index (χ3v) is 5.55. The van der Waals surface area contributed by atoms with Gasteiger partial charge in [-0.3, -0.25) is 4.79 Å². The number of carbonyl (C=O) groups excluding carboxylic acids is 1. The highest BCUT2D eigenvalue weighted by Crippen LogP contribution is 2.25. The molecule has 0 saturated carbocycles. The summed E-state index contributed by atoms with van der Waals surface area (Å²) in [6, 6.07) is 28.2. The molecule has 1 aromatic heterocycles. The van der Waals surface area contributed by atoms with E-state index in [1.165, 1.54) is 17.3 Å². The van der Waals surface area contributed by atoms with Crippen molar-refractivity contribution in [3.05, 3.63) is 102 Å². The van der Waals surface area contributed by atoms with E-state index in [9.17, 15) is 4.79 Å². The third-order valence-electron chi connectivity index (χ3n) is 4.57. The molecule has 154 valence electrons. The molecule has 4 aromatic rings. The fourth-order valence-corrected chi connectivity index (χ4v) is 3.92. The summed E-state index contributed by atoms with van der Waals surface area (Å²) in [5.74, 6) is 0.0605. The molecule has 3 aromatic carbocycles. The lowest BCUT2D eigenvalue weighted by molar-refractivity contribution is -0.118. The Labute approximate surface area is 185 Å². The second-order valence-corrected chi connectivity index (χ2v) is 7.77.